The van der Waals surface area contributed by atoms with Crippen LogP contribution < -0.4 is 5.43 Å². The summed E-state index contributed by atoms with van der Waals surface area (Å²) >= 11 is 2.71. The molecule has 110 valence electrons. The minimum atomic E-state index is -1.09. The first-order chi connectivity index (χ1) is 9.45. The zero-order valence-corrected chi connectivity index (χ0v) is 12.7. The number of amides is 2. The average Bonchev–Trinajstić information content (AvgIpc) is 2.70. The Labute approximate surface area is 124 Å². The van der Waals surface area contributed by atoms with Crippen LogP contribution >= 0.6 is 23.5 Å². The topological polar surface area (TPSA) is 89.9 Å². The zero-order chi connectivity index (χ0) is 14.9. The van der Waals surface area contributed by atoms with Crippen molar-refractivity contribution in [2.24, 2.45) is 0 Å². The molecule has 9 heteroatoms. The van der Waals surface area contributed by atoms with E-state index in [4.69, 9.17) is 0 Å². The van der Waals surface area contributed by atoms with Crippen LogP contribution in [0.15, 0.2) is 9.93 Å². The fourth-order valence-electron chi connectivity index (χ4n) is 1.84. The number of carboxylic acid groups (broad SMARTS) is 1. The molecule has 2 aliphatic heterocycles. The van der Waals surface area contributed by atoms with E-state index in [0.717, 1.165) is 0 Å². The predicted octanol–water partition coefficient (Wildman–Crippen LogP) is 0.261. The van der Waals surface area contributed by atoms with Gasteiger partial charge in [-0.3, -0.25) is 19.5 Å². The lowest BCUT2D eigenvalue weighted by Gasteiger charge is -2.33. The van der Waals surface area contributed by atoms with Gasteiger partial charge < -0.3 is 5.11 Å². The number of fused-ring (bicyclic) bond motifs is 1. The van der Waals surface area contributed by atoms with Gasteiger partial charge in [0.2, 0.25) is 11.8 Å². The molecular formula is C11H15N3O4S2. The van der Waals surface area contributed by atoms with E-state index >= 15 is 0 Å². The molecule has 0 saturated carbocycles. The van der Waals surface area contributed by atoms with Crippen molar-refractivity contribution < 1.29 is 19.5 Å². The number of hydrazine groups is 1. The van der Waals surface area contributed by atoms with Gasteiger partial charge in [-0.05, 0) is 0 Å². The predicted molar refractivity (Wildman–Crippen MR) is 76.4 cm³/mol. The van der Waals surface area contributed by atoms with E-state index in [0.29, 0.717) is 22.8 Å². The summed E-state index contributed by atoms with van der Waals surface area (Å²) in [7, 11) is 3.28. The van der Waals surface area contributed by atoms with Gasteiger partial charge in [0, 0.05) is 26.3 Å². The van der Waals surface area contributed by atoms with E-state index < -0.39 is 5.97 Å². The lowest BCUT2D eigenvalue weighted by Crippen LogP contribution is -2.48. The smallest absolute Gasteiger partial charge is 0.354 e. The summed E-state index contributed by atoms with van der Waals surface area (Å²) in [6.45, 7) is 0. The number of nitrogens with zero attached hydrogens (tertiary/aromatic N) is 2. The second kappa shape index (κ2) is 6.06. The minimum absolute atomic E-state index is 0.0654. The quantitative estimate of drug-likeness (QED) is 0.536. The number of carboxylic acids is 1. The van der Waals surface area contributed by atoms with Crippen LogP contribution in [0.2, 0.25) is 0 Å². The zero-order valence-electron chi connectivity index (χ0n) is 11.1. The third-order valence-corrected chi connectivity index (χ3v) is 5.61. The summed E-state index contributed by atoms with van der Waals surface area (Å²) in [6.07, 6.45) is 0.685. The normalized spacial score (nSPS) is 20.8. The largest absolute Gasteiger partial charge is 0.477 e. The Bertz CT molecular complexity index is 494. The molecule has 1 fully saturated rings. The van der Waals surface area contributed by atoms with Crippen LogP contribution in [-0.4, -0.2) is 58.0 Å². The maximum Gasteiger partial charge on any atom is 0.354 e. The molecule has 1 saturated heterocycles. The molecule has 0 unspecified atom stereocenters. The Balaban J connectivity index is 1.94. The molecule has 0 aliphatic carbocycles. The maximum absolute atomic E-state index is 11.6. The van der Waals surface area contributed by atoms with E-state index in [1.807, 2.05) is 0 Å². The first kappa shape index (κ1) is 15.2. The van der Waals surface area contributed by atoms with Gasteiger partial charge >= 0.3 is 5.97 Å². The molecule has 0 bridgehead atoms. The second-order valence-electron chi connectivity index (χ2n) is 4.26. The molecule has 2 amide bonds. The van der Waals surface area contributed by atoms with Gasteiger partial charge in [-0.15, -0.1) is 11.8 Å². The lowest BCUT2D eigenvalue weighted by molar-refractivity contribution is -0.145. The summed E-state index contributed by atoms with van der Waals surface area (Å²) < 4.78 is 0.619. The van der Waals surface area contributed by atoms with Gasteiger partial charge in [0.05, 0.1) is 16.0 Å². The van der Waals surface area contributed by atoms with Crippen LogP contribution in [-0.2, 0) is 14.4 Å². The first-order valence-electron chi connectivity index (χ1n) is 5.98. The van der Waals surface area contributed by atoms with Crippen molar-refractivity contribution in [1.82, 2.24) is 15.3 Å². The summed E-state index contributed by atoms with van der Waals surface area (Å²) in [5, 5.41) is 10.5. The van der Waals surface area contributed by atoms with Crippen molar-refractivity contribution in [3.63, 3.8) is 0 Å². The molecule has 0 aromatic heterocycles. The summed E-state index contributed by atoms with van der Waals surface area (Å²) in [5.41, 5.74) is 2.78. The van der Waals surface area contributed by atoms with Gasteiger partial charge in [0.1, 0.15) is 0 Å². The first-order valence-corrected chi connectivity index (χ1v) is 7.85. The fraction of sp³-hybridized carbons (Fsp3) is 0.545. The van der Waals surface area contributed by atoms with Gasteiger partial charge in [-0.25, -0.2) is 10.2 Å². The number of hydrogen-bond donors (Lipinski definition) is 2. The number of nitrogens with one attached hydrogen (secondary N) is 1. The molecular weight excluding hydrogens is 302 g/mol. The van der Waals surface area contributed by atoms with Crippen molar-refractivity contribution in [3.05, 3.63) is 9.93 Å². The number of hydrogen-bond acceptors (Lipinski definition) is 6. The summed E-state index contributed by atoms with van der Waals surface area (Å²) in [4.78, 5) is 35.6. The standard InChI is InChI=1S/C11H15N3O4S2/c1-12-13(2)6(15)3-4-19-11-9(10(17)18)14-7(16)5-8(14)20-11/h8,12H,3-5H2,1-2H3,(H,17,18)/t8-/m0/s1. The Morgan fingerprint density at radius 2 is 2.30 bits per heavy atom. The van der Waals surface area contributed by atoms with Crippen molar-refractivity contribution in [2.75, 3.05) is 19.8 Å². The van der Waals surface area contributed by atoms with Crippen LogP contribution in [0.5, 0.6) is 0 Å². The maximum atomic E-state index is 11.6. The lowest BCUT2D eigenvalue weighted by atomic mass is 10.2. The second-order valence-corrected chi connectivity index (χ2v) is 6.81. The Kier molecular flexibility index (Phi) is 4.61. The highest BCUT2D eigenvalue weighted by Gasteiger charge is 2.48. The highest BCUT2D eigenvalue weighted by Crippen LogP contribution is 2.50. The van der Waals surface area contributed by atoms with Gasteiger partial charge in [0.25, 0.3) is 0 Å². The van der Waals surface area contributed by atoms with Crippen LogP contribution in [0.4, 0.5) is 0 Å². The molecule has 0 radical (unpaired) electrons. The Morgan fingerprint density at radius 1 is 1.60 bits per heavy atom. The van der Waals surface area contributed by atoms with E-state index in [1.165, 1.54) is 33.4 Å². The SMILES string of the molecule is CNN(C)C(=O)CCSC1=C(C(=O)O)N2C(=O)C[C@@H]2S1. The molecule has 2 heterocycles. The number of aliphatic carboxylic acids is 1. The third kappa shape index (κ3) is 2.79. The monoisotopic (exact) mass is 317 g/mol. The van der Waals surface area contributed by atoms with Crippen molar-refractivity contribution in [2.45, 2.75) is 18.2 Å². The Morgan fingerprint density at radius 3 is 2.85 bits per heavy atom. The van der Waals surface area contributed by atoms with Crippen LogP contribution in [0.3, 0.4) is 0 Å². The highest BCUT2D eigenvalue weighted by atomic mass is 32.2. The highest BCUT2D eigenvalue weighted by molar-refractivity contribution is 8.22. The number of thioether (sulfide) groups is 2. The summed E-state index contributed by atoms with van der Waals surface area (Å²) in [5.74, 6) is -0.825. The molecule has 0 aromatic rings. The molecule has 0 spiro atoms. The average molecular weight is 317 g/mol. The van der Waals surface area contributed by atoms with E-state index in [-0.39, 0.29) is 22.9 Å². The minimum Gasteiger partial charge on any atom is -0.477 e. The van der Waals surface area contributed by atoms with Gasteiger partial charge in [-0.1, -0.05) is 11.8 Å². The third-order valence-electron chi connectivity index (χ3n) is 3.04. The van der Waals surface area contributed by atoms with E-state index in [2.05, 4.69) is 5.43 Å². The van der Waals surface area contributed by atoms with Gasteiger partial charge in [-0.2, -0.15) is 0 Å². The van der Waals surface area contributed by atoms with E-state index in [1.54, 1.807) is 14.1 Å². The Hall–Kier alpha value is -1.19. The number of rotatable bonds is 6. The van der Waals surface area contributed by atoms with Crippen LogP contribution in [0, 0.1) is 0 Å². The molecule has 2 aliphatic rings. The molecule has 1 atom stereocenters. The fourth-order valence-corrected chi connectivity index (χ4v) is 4.58. The molecule has 0 aromatic carbocycles. The summed E-state index contributed by atoms with van der Waals surface area (Å²) in [6, 6.07) is 0. The van der Waals surface area contributed by atoms with E-state index in [9.17, 15) is 19.5 Å². The number of β-lactam (4-membered cyclic amide) rings is 1. The van der Waals surface area contributed by atoms with Crippen molar-refractivity contribution in [1.29, 1.82) is 0 Å². The van der Waals surface area contributed by atoms with Crippen LogP contribution in [0.25, 0.3) is 0 Å². The molecule has 7 nitrogen and oxygen atoms in total. The molecule has 2 N–H and O–H groups in total. The molecule has 2 rings (SSSR count). The van der Waals surface area contributed by atoms with Gasteiger partial charge in [0.15, 0.2) is 5.70 Å². The molecule has 20 heavy (non-hydrogen) atoms. The van der Waals surface area contributed by atoms with Crippen LogP contribution in [0.1, 0.15) is 12.8 Å². The van der Waals surface area contributed by atoms with Crippen molar-refractivity contribution >= 4 is 41.3 Å². The number of carbonyl (C=O) groups is 3. The van der Waals surface area contributed by atoms with Crippen molar-refractivity contribution in [3.8, 4) is 0 Å². The number of carbonyl (C=O) groups excluding carboxylic acids is 2.